The molecule has 24 heavy (non-hydrogen) atoms. The van der Waals surface area contributed by atoms with E-state index in [0.29, 0.717) is 36.0 Å². The van der Waals surface area contributed by atoms with Crippen molar-refractivity contribution < 1.29 is 18.8 Å². The van der Waals surface area contributed by atoms with Crippen LogP contribution in [-0.4, -0.2) is 18.0 Å². The van der Waals surface area contributed by atoms with E-state index in [4.69, 9.17) is 14.0 Å². The van der Waals surface area contributed by atoms with Crippen molar-refractivity contribution in [3.63, 3.8) is 0 Å². The number of carbonyl (C=O) groups excluding carboxylic acids is 1. The Morgan fingerprint density at radius 1 is 1.00 bits per heavy atom. The number of aldehydes is 1. The van der Waals surface area contributed by atoms with Crippen molar-refractivity contribution in [3.05, 3.63) is 65.9 Å². The largest absolute Gasteiger partial charge is 0.494 e. The highest BCUT2D eigenvalue weighted by Crippen LogP contribution is 2.24. The normalized spacial score (nSPS) is 10.4. The van der Waals surface area contributed by atoms with Gasteiger partial charge in [0.1, 0.15) is 30.1 Å². The van der Waals surface area contributed by atoms with Crippen LogP contribution >= 0.6 is 0 Å². The molecule has 0 bridgehead atoms. The van der Waals surface area contributed by atoms with Gasteiger partial charge in [-0.2, -0.15) is 0 Å². The molecule has 0 N–H and O–H groups in total. The molecule has 3 aromatic rings. The lowest BCUT2D eigenvalue weighted by Gasteiger charge is -2.03. The molecule has 0 aliphatic carbocycles. The monoisotopic (exact) mass is 323 g/mol. The van der Waals surface area contributed by atoms with Gasteiger partial charge in [0.2, 0.25) is 0 Å². The molecular formula is C19H17NO4. The Morgan fingerprint density at radius 3 is 2.33 bits per heavy atom. The second kappa shape index (κ2) is 7.46. The lowest BCUT2D eigenvalue weighted by molar-refractivity contribution is 0.112. The molecule has 0 aliphatic heterocycles. The number of ether oxygens (including phenoxy) is 2. The molecule has 1 aromatic heterocycles. The Balaban J connectivity index is 1.63. The van der Waals surface area contributed by atoms with Gasteiger partial charge in [0.05, 0.1) is 6.61 Å². The minimum absolute atomic E-state index is 0.293. The summed E-state index contributed by atoms with van der Waals surface area (Å²) >= 11 is 0. The van der Waals surface area contributed by atoms with Gasteiger partial charge in [-0.25, -0.2) is 0 Å². The predicted molar refractivity (Wildman–Crippen MR) is 89.3 cm³/mol. The molecule has 5 nitrogen and oxygen atoms in total. The summed E-state index contributed by atoms with van der Waals surface area (Å²) in [4.78, 5) is 10.6. The average Bonchev–Trinajstić information content (AvgIpc) is 3.10. The maximum Gasteiger partial charge on any atom is 0.167 e. The van der Waals surface area contributed by atoms with Crippen molar-refractivity contribution in [3.8, 4) is 22.8 Å². The number of rotatable bonds is 7. The summed E-state index contributed by atoms with van der Waals surface area (Å²) in [6, 6.07) is 16.4. The van der Waals surface area contributed by atoms with Gasteiger partial charge in [-0.05, 0) is 55.5 Å². The van der Waals surface area contributed by atoms with Crippen LogP contribution in [-0.2, 0) is 6.61 Å². The Bertz CT molecular complexity index is 791. The third-order valence-corrected chi connectivity index (χ3v) is 3.41. The highest BCUT2D eigenvalue weighted by molar-refractivity contribution is 5.74. The first-order valence-corrected chi connectivity index (χ1v) is 7.65. The van der Waals surface area contributed by atoms with Gasteiger partial charge in [0.15, 0.2) is 5.76 Å². The zero-order valence-corrected chi connectivity index (χ0v) is 13.3. The van der Waals surface area contributed by atoms with Gasteiger partial charge >= 0.3 is 0 Å². The Labute approximate surface area is 139 Å². The molecule has 0 atom stereocenters. The van der Waals surface area contributed by atoms with Crippen molar-refractivity contribution in [2.45, 2.75) is 13.5 Å². The van der Waals surface area contributed by atoms with Crippen LogP contribution in [0.3, 0.4) is 0 Å². The standard InChI is InChI=1S/C19H17NO4/c1-2-22-17-9-5-15(6-10-17)19-11-16(20-24-19)13-23-18-7-3-14(12-21)4-8-18/h3-12H,2,13H2,1H3. The smallest absolute Gasteiger partial charge is 0.167 e. The second-order valence-corrected chi connectivity index (χ2v) is 5.12. The van der Waals surface area contributed by atoms with Gasteiger partial charge in [-0.1, -0.05) is 5.16 Å². The van der Waals surface area contributed by atoms with Crippen LogP contribution in [0.2, 0.25) is 0 Å². The van der Waals surface area contributed by atoms with Crippen molar-refractivity contribution >= 4 is 6.29 Å². The topological polar surface area (TPSA) is 61.6 Å². The minimum atomic E-state index is 0.293. The van der Waals surface area contributed by atoms with Gasteiger partial charge in [-0.3, -0.25) is 4.79 Å². The highest BCUT2D eigenvalue weighted by Gasteiger charge is 2.08. The number of carbonyl (C=O) groups is 1. The molecule has 0 saturated heterocycles. The van der Waals surface area contributed by atoms with Crippen molar-refractivity contribution in [1.29, 1.82) is 0 Å². The Morgan fingerprint density at radius 2 is 1.67 bits per heavy atom. The summed E-state index contributed by atoms with van der Waals surface area (Å²) in [5.74, 6) is 2.17. The van der Waals surface area contributed by atoms with Gasteiger partial charge in [0.25, 0.3) is 0 Å². The SMILES string of the molecule is CCOc1ccc(-c2cc(COc3ccc(C=O)cc3)no2)cc1. The molecule has 2 aromatic carbocycles. The van der Waals surface area contributed by atoms with E-state index >= 15 is 0 Å². The van der Waals surface area contributed by atoms with E-state index in [1.165, 1.54) is 0 Å². The summed E-state index contributed by atoms with van der Waals surface area (Å²) in [7, 11) is 0. The van der Waals surface area contributed by atoms with Crippen LogP contribution in [0.1, 0.15) is 23.0 Å². The number of hydrogen-bond acceptors (Lipinski definition) is 5. The maximum atomic E-state index is 10.6. The van der Waals surface area contributed by atoms with Crippen LogP contribution in [0.4, 0.5) is 0 Å². The Kier molecular flexibility index (Phi) is 4.91. The molecule has 0 aliphatic rings. The molecule has 0 amide bonds. The van der Waals surface area contributed by atoms with E-state index in [-0.39, 0.29) is 0 Å². The fourth-order valence-electron chi connectivity index (χ4n) is 2.20. The zero-order chi connectivity index (χ0) is 16.8. The summed E-state index contributed by atoms with van der Waals surface area (Å²) in [5.41, 5.74) is 2.23. The molecule has 1 heterocycles. The van der Waals surface area contributed by atoms with E-state index in [1.807, 2.05) is 37.3 Å². The molecule has 0 spiro atoms. The summed E-state index contributed by atoms with van der Waals surface area (Å²) in [6.45, 7) is 2.88. The van der Waals surface area contributed by atoms with Crippen molar-refractivity contribution in [2.24, 2.45) is 0 Å². The van der Waals surface area contributed by atoms with Gasteiger partial charge in [-0.15, -0.1) is 0 Å². The fourth-order valence-corrected chi connectivity index (χ4v) is 2.20. The van der Waals surface area contributed by atoms with Crippen LogP contribution in [0.25, 0.3) is 11.3 Å². The van der Waals surface area contributed by atoms with E-state index in [2.05, 4.69) is 5.16 Å². The summed E-state index contributed by atoms with van der Waals surface area (Å²) in [5, 5.41) is 4.01. The molecule has 0 fully saturated rings. The first kappa shape index (κ1) is 15.8. The molecule has 0 radical (unpaired) electrons. The Hall–Kier alpha value is -3.08. The number of benzene rings is 2. The van der Waals surface area contributed by atoms with E-state index in [9.17, 15) is 4.79 Å². The van der Waals surface area contributed by atoms with Crippen LogP contribution in [0, 0.1) is 0 Å². The summed E-state index contributed by atoms with van der Waals surface area (Å²) in [6.07, 6.45) is 0.796. The number of nitrogens with zero attached hydrogens (tertiary/aromatic N) is 1. The lowest BCUT2D eigenvalue weighted by Crippen LogP contribution is -1.95. The maximum absolute atomic E-state index is 10.6. The predicted octanol–water partition coefficient (Wildman–Crippen LogP) is 4.13. The average molecular weight is 323 g/mol. The third kappa shape index (κ3) is 3.81. The first-order valence-electron chi connectivity index (χ1n) is 7.65. The number of hydrogen-bond donors (Lipinski definition) is 0. The van der Waals surface area contributed by atoms with E-state index in [1.54, 1.807) is 24.3 Å². The number of aromatic nitrogens is 1. The first-order chi connectivity index (χ1) is 11.8. The van der Waals surface area contributed by atoms with Crippen molar-refractivity contribution in [1.82, 2.24) is 5.16 Å². The van der Waals surface area contributed by atoms with E-state index in [0.717, 1.165) is 17.6 Å². The molecule has 0 unspecified atom stereocenters. The second-order valence-electron chi connectivity index (χ2n) is 5.12. The molecule has 5 heteroatoms. The van der Waals surface area contributed by atoms with Crippen LogP contribution in [0.15, 0.2) is 59.1 Å². The fraction of sp³-hybridized carbons (Fsp3) is 0.158. The van der Waals surface area contributed by atoms with Crippen LogP contribution < -0.4 is 9.47 Å². The molecule has 3 rings (SSSR count). The molecular weight excluding hydrogens is 306 g/mol. The van der Waals surface area contributed by atoms with Gasteiger partial charge in [0, 0.05) is 17.2 Å². The minimum Gasteiger partial charge on any atom is -0.494 e. The van der Waals surface area contributed by atoms with Crippen molar-refractivity contribution in [2.75, 3.05) is 6.61 Å². The van der Waals surface area contributed by atoms with Gasteiger partial charge < -0.3 is 14.0 Å². The van der Waals surface area contributed by atoms with E-state index < -0.39 is 0 Å². The summed E-state index contributed by atoms with van der Waals surface area (Å²) < 4.78 is 16.4. The quantitative estimate of drug-likeness (QED) is 0.612. The zero-order valence-electron chi connectivity index (χ0n) is 13.3. The highest BCUT2D eigenvalue weighted by atomic mass is 16.5. The van der Waals surface area contributed by atoms with Crippen LogP contribution in [0.5, 0.6) is 11.5 Å². The third-order valence-electron chi connectivity index (χ3n) is 3.41. The molecule has 122 valence electrons. The lowest BCUT2D eigenvalue weighted by atomic mass is 10.1. The molecule has 0 saturated carbocycles.